The van der Waals surface area contributed by atoms with E-state index < -0.39 is 22.0 Å². The van der Waals surface area contributed by atoms with E-state index >= 15 is 0 Å². The van der Waals surface area contributed by atoms with E-state index in [1.165, 1.54) is 11.4 Å². The average Bonchev–Trinajstić information content (AvgIpc) is 2.93. The smallest absolute Gasteiger partial charge is 0.247 e. The normalized spacial score (nSPS) is 11.5. The van der Waals surface area contributed by atoms with Crippen LogP contribution in [-0.4, -0.2) is 32.3 Å². The largest absolute Gasteiger partial charge is 0.495 e. The van der Waals surface area contributed by atoms with Gasteiger partial charge in [-0.15, -0.1) is 0 Å². The fraction of sp³-hybridized carbons (Fsp3) is 0.167. The van der Waals surface area contributed by atoms with Crippen LogP contribution in [0.3, 0.4) is 0 Å². The highest BCUT2D eigenvalue weighted by molar-refractivity contribution is 7.89. The summed E-state index contributed by atoms with van der Waals surface area (Å²) in [7, 11) is -2.64. The fourth-order valence-corrected chi connectivity index (χ4v) is 5.78. The van der Waals surface area contributed by atoms with Gasteiger partial charge < -0.3 is 10.1 Å². The van der Waals surface area contributed by atoms with Crippen molar-refractivity contribution in [1.29, 1.82) is 0 Å². The Balaban J connectivity index is 1.67. The lowest BCUT2D eigenvalue weighted by Crippen LogP contribution is -2.41. The minimum atomic E-state index is -4.08. The van der Waals surface area contributed by atoms with Crippen LogP contribution in [0.5, 0.6) is 5.75 Å². The average molecular weight is 515 g/mol. The Morgan fingerprint density at radius 2 is 1.38 bits per heavy atom. The molecular weight excluding hydrogens is 484 g/mol. The van der Waals surface area contributed by atoms with Gasteiger partial charge in [0.25, 0.3) is 0 Å². The van der Waals surface area contributed by atoms with Crippen molar-refractivity contribution in [3.8, 4) is 5.75 Å². The molecule has 4 aromatic carbocycles. The van der Waals surface area contributed by atoms with Crippen LogP contribution in [0.4, 0.5) is 0 Å². The Morgan fingerprint density at radius 3 is 1.92 bits per heavy atom. The number of aryl methyl sites for hydroxylation is 1. The number of sulfonamides is 1. The Morgan fingerprint density at radius 1 is 0.838 bits per heavy atom. The van der Waals surface area contributed by atoms with Crippen molar-refractivity contribution in [3.63, 3.8) is 0 Å². The molecule has 0 spiro atoms. The van der Waals surface area contributed by atoms with Gasteiger partial charge in [0.15, 0.2) is 0 Å². The van der Waals surface area contributed by atoms with Crippen molar-refractivity contribution < 1.29 is 17.9 Å². The molecule has 0 saturated heterocycles. The third-order valence-corrected chi connectivity index (χ3v) is 7.84. The summed E-state index contributed by atoms with van der Waals surface area (Å²) >= 11 is 0. The molecule has 0 aliphatic heterocycles. The van der Waals surface area contributed by atoms with Crippen LogP contribution < -0.4 is 10.1 Å². The van der Waals surface area contributed by atoms with Gasteiger partial charge in [0, 0.05) is 6.54 Å². The number of methoxy groups -OCH3 is 1. The SMILES string of the molecule is COc1ccc(C)cc1S(=O)(=O)N(CC(=O)NC(c1ccccc1)c1ccccc1)Cc1ccccc1. The van der Waals surface area contributed by atoms with E-state index in [9.17, 15) is 13.2 Å². The highest BCUT2D eigenvalue weighted by Crippen LogP contribution is 2.29. The molecule has 1 amide bonds. The van der Waals surface area contributed by atoms with Gasteiger partial charge in [-0.2, -0.15) is 4.31 Å². The maximum atomic E-state index is 13.9. The molecule has 0 aliphatic rings. The van der Waals surface area contributed by atoms with Crippen LogP contribution in [0, 0.1) is 6.92 Å². The van der Waals surface area contributed by atoms with Crippen LogP contribution in [-0.2, 0) is 21.4 Å². The second-order valence-corrected chi connectivity index (χ2v) is 10.6. The molecule has 37 heavy (non-hydrogen) atoms. The number of nitrogens with zero attached hydrogens (tertiary/aromatic N) is 1. The van der Waals surface area contributed by atoms with Crippen molar-refractivity contribution in [2.45, 2.75) is 24.4 Å². The van der Waals surface area contributed by atoms with Gasteiger partial charge in [0.1, 0.15) is 10.6 Å². The number of amides is 1. The summed E-state index contributed by atoms with van der Waals surface area (Å²) in [5, 5.41) is 3.05. The number of hydrogen-bond donors (Lipinski definition) is 1. The van der Waals surface area contributed by atoms with Gasteiger partial charge in [0.2, 0.25) is 15.9 Å². The predicted octanol–water partition coefficient (Wildman–Crippen LogP) is 5.10. The van der Waals surface area contributed by atoms with Crippen LogP contribution in [0.25, 0.3) is 0 Å². The van der Waals surface area contributed by atoms with Gasteiger partial charge in [0.05, 0.1) is 19.7 Å². The topological polar surface area (TPSA) is 75.7 Å². The van der Waals surface area contributed by atoms with E-state index in [1.54, 1.807) is 18.2 Å². The zero-order chi connectivity index (χ0) is 26.3. The lowest BCUT2D eigenvalue weighted by atomic mass is 9.99. The molecule has 4 aromatic rings. The van der Waals surface area contributed by atoms with Gasteiger partial charge in [-0.1, -0.05) is 97.1 Å². The maximum Gasteiger partial charge on any atom is 0.247 e. The van der Waals surface area contributed by atoms with Gasteiger partial charge >= 0.3 is 0 Å². The van der Waals surface area contributed by atoms with E-state index in [0.29, 0.717) is 0 Å². The summed E-state index contributed by atoms with van der Waals surface area (Å²) in [5.41, 5.74) is 3.35. The first-order chi connectivity index (χ1) is 17.9. The minimum absolute atomic E-state index is 0.0291. The molecule has 0 unspecified atom stereocenters. The zero-order valence-electron chi connectivity index (χ0n) is 20.9. The van der Waals surface area contributed by atoms with E-state index in [2.05, 4.69) is 5.32 Å². The first-order valence-corrected chi connectivity index (χ1v) is 13.4. The molecule has 4 rings (SSSR count). The highest BCUT2D eigenvalue weighted by Gasteiger charge is 2.31. The quantitative estimate of drug-likeness (QED) is 0.320. The molecule has 1 N–H and O–H groups in total. The third-order valence-electron chi connectivity index (χ3n) is 6.03. The fourth-order valence-electron chi connectivity index (χ4n) is 4.15. The molecular formula is C30H30N2O4S. The van der Waals surface area contributed by atoms with Crippen LogP contribution in [0.15, 0.2) is 114 Å². The summed E-state index contributed by atoms with van der Waals surface area (Å²) in [5.74, 6) is -0.181. The first-order valence-electron chi connectivity index (χ1n) is 12.0. The molecule has 190 valence electrons. The highest BCUT2D eigenvalue weighted by atomic mass is 32.2. The van der Waals surface area contributed by atoms with Crippen molar-refractivity contribution >= 4 is 15.9 Å². The van der Waals surface area contributed by atoms with Crippen molar-refractivity contribution in [3.05, 3.63) is 131 Å². The van der Waals surface area contributed by atoms with E-state index in [0.717, 1.165) is 22.3 Å². The monoisotopic (exact) mass is 514 g/mol. The lowest BCUT2D eigenvalue weighted by Gasteiger charge is -2.25. The van der Waals surface area contributed by atoms with Crippen molar-refractivity contribution in [2.75, 3.05) is 13.7 Å². The molecule has 0 bridgehead atoms. The van der Waals surface area contributed by atoms with E-state index in [-0.39, 0.29) is 23.7 Å². The van der Waals surface area contributed by atoms with E-state index in [4.69, 9.17) is 4.74 Å². The molecule has 0 aromatic heterocycles. The van der Waals surface area contributed by atoms with Gasteiger partial charge in [-0.25, -0.2) is 8.42 Å². The molecule has 0 aliphatic carbocycles. The molecule has 0 atom stereocenters. The maximum absolute atomic E-state index is 13.9. The molecule has 0 fully saturated rings. The Bertz CT molecular complexity index is 1390. The lowest BCUT2D eigenvalue weighted by molar-refractivity contribution is -0.121. The first kappa shape index (κ1) is 26.1. The number of hydrogen-bond acceptors (Lipinski definition) is 4. The Labute approximate surface area is 218 Å². The Kier molecular flexibility index (Phi) is 8.38. The van der Waals surface area contributed by atoms with Crippen LogP contribution in [0.2, 0.25) is 0 Å². The van der Waals surface area contributed by atoms with Crippen LogP contribution in [0.1, 0.15) is 28.3 Å². The summed E-state index contributed by atoms with van der Waals surface area (Å²) in [6, 6.07) is 33.0. The standard InChI is InChI=1S/C30H30N2O4S/c1-23-18-19-27(36-2)28(20-23)37(34,35)32(21-24-12-6-3-7-13-24)22-29(33)31-30(25-14-8-4-9-15-25)26-16-10-5-11-17-26/h3-20,30H,21-22H2,1-2H3,(H,31,33). The molecule has 0 radical (unpaired) electrons. The van der Waals surface area contributed by atoms with Crippen molar-refractivity contribution in [1.82, 2.24) is 9.62 Å². The number of carbonyl (C=O) groups excluding carboxylic acids is 1. The van der Waals surface area contributed by atoms with Crippen molar-refractivity contribution in [2.24, 2.45) is 0 Å². The summed E-state index contributed by atoms with van der Waals surface area (Å²) in [6.45, 7) is 1.50. The minimum Gasteiger partial charge on any atom is -0.495 e. The Hall–Kier alpha value is -3.94. The third kappa shape index (κ3) is 6.44. The number of rotatable bonds is 10. The number of nitrogens with one attached hydrogen (secondary N) is 1. The summed E-state index contributed by atoms with van der Waals surface area (Å²) in [4.78, 5) is 13.5. The number of benzene rings is 4. The number of ether oxygens (including phenoxy) is 1. The molecule has 0 heterocycles. The molecule has 7 heteroatoms. The second-order valence-electron chi connectivity index (χ2n) is 8.73. The molecule has 0 saturated carbocycles. The second kappa shape index (κ2) is 11.9. The molecule has 6 nitrogen and oxygen atoms in total. The van der Waals surface area contributed by atoms with Crippen LogP contribution >= 0.6 is 0 Å². The zero-order valence-corrected chi connectivity index (χ0v) is 21.7. The van der Waals surface area contributed by atoms with Gasteiger partial charge in [-0.3, -0.25) is 4.79 Å². The summed E-state index contributed by atoms with van der Waals surface area (Å²) < 4.78 is 34.4. The summed E-state index contributed by atoms with van der Waals surface area (Å²) in [6.07, 6.45) is 0. The predicted molar refractivity (Wildman–Crippen MR) is 145 cm³/mol. The van der Waals surface area contributed by atoms with E-state index in [1.807, 2.05) is 97.9 Å². The van der Waals surface area contributed by atoms with Gasteiger partial charge in [-0.05, 0) is 41.3 Å². The number of carbonyl (C=O) groups is 1.